The molecule has 0 N–H and O–H groups in total. The number of unbranched alkanes of at least 4 members (excludes halogenated alkanes) is 2. The zero-order valence-corrected chi connectivity index (χ0v) is 8.34. The number of carbonyl (C=O) groups excluding carboxylic acids is 1. The molecule has 0 fully saturated rings. The molecule has 1 heterocycles. The van der Waals surface area contributed by atoms with Gasteiger partial charge in [0.2, 0.25) is 0 Å². The molecule has 0 amide bonds. The van der Waals surface area contributed by atoms with Crippen LogP contribution >= 0.6 is 11.5 Å². The minimum atomic E-state index is -0.371. The molecule has 0 aliphatic rings. The van der Waals surface area contributed by atoms with Gasteiger partial charge in [0.05, 0.1) is 6.61 Å². The van der Waals surface area contributed by atoms with Gasteiger partial charge in [0.25, 0.3) is 0 Å². The van der Waals surface area contributed by atoms with E-state index in [1.165, 1.54) is 0 Å². The number of nitrogens with zero attached hydrogens (tertiary/aromatic N) is 2. The first-order valence-electron chi connectivity index (χ1n) is 4.28. The van der Waals surface area contributed by atoms with Crippen LogP contribution in [0, 0.1) is 0 Å². The normalized spacial score (nSPS) is 9.92. The van der Waals surface area contributed by atoms with Gasteiger partial charge in [-0.3, -0.25) is 0 Å². The molecular formula is C8H12N2O2S. The van der Waals surface area contributed by atoms with Crippen molar-refractivity contribution in [3.05, 3.63) is 11.1 Å². The molecule has 1 aromatic rings. The Balaban J connectivity index is 2.19. The average Bonchev–Trinajstić information content (AvgIpc) is 2.65. The second-order valence-electron chi connectivity index (χ2n) is 2.63. The van der Waals surface area contributed by atoms with E-state index < -0.39 is 0 Å². The number of esters is 1. The van der Waals surface area contributed by atoms with Gasteiger partial charge in [0.15, 0.2) is 5.69 Å². The topological polar surface area (TPSA) is 52.1 Å². The zero-order chi connectivity index (χ0) is 9.52. The Morgan fingerprint density at radius 1 is 1.62 bits per heavy atom. The van der Waals surface area contributed by atoms with Gasteiger partial charge in [0.1, 0.15) is 0 Å². The van der Waals surface area contributed by atoms with Crippen molar-refractivity contribution in [3.63, 3.8) is 0 Å². The summed E-state index contributed by atoms with van der Waals surface area (Å²) >= 11 is 1.15. The van der Waals surface area contributed by atoms with Gasteiger partial charge in [-0.15, -0.1) is 5.10 Å². The fraction of sp³-hybridized carbons (Fsp3) is 0.625. The van der Waals surface area contributed by atoms with Crippen LogP contribution in [0.3, 0.4) is 0 Å². The third-order valence-electron chi connectivity index (χ3n) is 1.55. The SMILES string of the molecule is CCCCCOC(=O)c1csnn1. The van der Waals surface area contributed by atoms with Gasteiger partial charge in [-0.25, -0.2) is 4.79 Å². The highest BCUT2D eigenvalue weighted by Crippen LogP contribution is 2.01. The molecular weight excluding hydrogens is 188 g/mol. The molecule has 0 unspecified atom stereocenters. The predicted molar refractivity (Wildman–Crippen MR) is 49.7 cm³/mol. The van der Waals surface area contributed by atoms with E-state index in [9.17, 15) is 4.79 Å². The van der Waals surface area contributed by atoms with Crippen molar-refractivity contribution in [2.24, 2.45) is 0 Å². The van der Waals surface area contributed by atoms with E-state index >= 15 is 0 Å². The summed E-state index contributed by atoms with van der Waals surface area (Å²) in [6.07, 6.45) is 3.12. The summed E-state index contributed by atoms with van der Waals surface area (Å²) < 4.78 is 8.53. The van der Waals surface area contributed by atoms with Gasteiger partial charge >= 0.3 is 5.97 Å². The third-order valence-corrected chi connectivity index (χ3v) is 2.05. The van der Waals surface area contributed by atoms with Crippen LogP contribution in [-0.4, -0.2) is 22.2 Å². The minimum Gasteiger partial charge on any atom is -0.461 e. The lowest BCUT2D eigenvalue weighted by Gasteiger charge is -2.00. The maximum atomic E-state index is 11.2. The number of ether oxygens (including phenoxy) is 1. The smallest absolute Gasteiger partial charge is 0.359 e. The van der Waals surface area contributed by atoms with Crippen molar-refractivity contribution in [3.8, 4) is 0 Å². The fourth-order valence-electron chi connectivity index (χ4n) is 0.844. The summed E-state index contributed by atoms with van der Waals surface area (Å²) in [6, 6.07) is 0. The monoisotopic (exact) mass is 200 g/mol. The van der Waals surface area contributed by atoms with Crippen LogP contribution in [0.4, 0.5) is 0 Å². The molecule has 0 atom stereocenters. The Bertz CT molecular complexity index is 249. The van der Waals surface area contributed by atoms with E-state index in [0.29, 0.717) is 12.3 Å². The van der Waals surface area contributed by atoms with E-state index in [-0.39, 0.29) is 5.97 Å². The van der Waals surface area contributed by atoms with Gasteiger partial charge in [-0.1, -0.05) is 24.3 Å². The van der Waals surface area contributed by atoms with Crippen molar-refractivity contribution in [1.29, 1.82) is 0 Å². The standard InChI is InChI=1S/C8H12N2O2S/c1-2-3-4-5-12-8(11)7-6-13-10-9-7/h6H,2-5H2,1H3. The van der Waals surface area contributed by atoms with Crippen molar-refractivity contribution in [1.82, 2.24) is 9.59 Å². The molecule has 5 heteroatoms. The highest BCUT2D eigenvalue weighted by atomic mass is 32.1. The molecule has 0 saturated heterocycles. The maximum absolute atomic E-state index is 11.2. The van der Waals surface area contributed by atoms with Crippen LogP contribution in [0.25, 0.3) is 0 Å². The number of aromatic nitrogens is 2. The Labute approximate surface area is 81.1 Å². The van der Waals surface area contributed by atoms with Crippen molar-refractivity contribution < 1.29 is 9.53 Å². The Morgan fingerprint density at radius 3 is 3.08 bits per heavy atom. The lowest BCUT2D eigenvalue weighted by molar-refractivity contribution is 0.0491. The summed E-state index contributed by atoms with van der Waals surface area (Å²) in [4.78, 5) is 11.2. The zero-order valence-electron chi connectivity index (χ0n) is 7.52. The lowest BCUT2D eigenvalue weighted by atomic mass is 10.3. The first kappa shape index (κ1) is 10.1. The molecule has 0 radical (unpaired) electrons. The molecule has 0 aliphatic carbocycles. The van der Waals surface area contributed by atoms with E-state index in [1.54, 1.807) is 5.38 Å². The second-order valence-corrected chi connectivity index (χ2v) is 3.24. The molecule has 1 aromatic heterocycles. The molecule has 72 valence electrons. The summed E-state index contributed by atoms with van der Waals surface area (Å²) in [5, 5.41) is 5.19. The highest BCUT2D eigenvalue weighted by Gasteiger charge is 2.08. The first-order valence-corrected chi connectivity index (χ1v) is 5.12. The van der Waals surface area contributed by atoms with Crippen LogP contribution in [0.1, 0.15) is 36.7 Å². The molecule has 0 aromatic carbocycles. The van der Waals surface area contributed by atoms with Gasteiger partial charge in [-0.2, -0.15) is 0 Å². The van der Waals surface area contributed by atoms with Crippen LogP contribution in [-0.2, 0) is 4.74 Å². The molecule has 0 aliphatic heterocycles. The van der Waals surface area contributed by atoms with E-state index in [1.807, 2.05) is 0 Å². The van der Waals surface area contributed by atoms with E-state index in [2.05, 4.69) is 16.5 Å². The summed E-state index contributed by atoms with van der Waals surface area (Å²) in [6.45, 7) is 2.58. The maximum Gasteiger partial charge on any atom is 0.359 e. The summed E-state index contributed by atoms with van der Waals surface area (Å²) in [5.41, 5.74) is 0.307. The molecule has 13 heavy (non-hydrogen) atoms. The third kappa shape index (κ3) is 3.50. The predicted octanol–water partition coefficient (Wildman–Crippen LogP) is 1.89. The van der Waals surface area contributed by atoms with E-state index in [0.717, 1.165) is 30.8 Å². The Morgan fingerprint density at radius 2 is 2.46 bits per heavy atom. The van der Waals surface area contributed by atoms with Crippen LogP contribution in [0.5, 0.6) is 0 Å². The summed E-state index contributed by atoms with van der Waals surface area (Å²) in [7, 11) is 0. The number of hydrogen-bond acceptors (Lipinski definition) is 5. The van der Waals surface area contributed by atoms with E-state index in [4.69, 9.17) is 4.74 Å². The molecule has 0 saturated carbocycles. The fourth-order valence-corrected chi connectivity index (χ4v) is 1.27. The van der Waals surface area contributed by atoms with Crippen LogP contribution < -0.4 is 0 Å². The number of carbonyl (C=O) groups is 1. The highest BCUT2D eigenvalue weighted by molar-refractivity contribution is 7.03. The van der Waals surface area contributed by atoms with Crippen molar-refractivity contribution in [2.75, 3.05) is 6.61 Å². The number of rotatable bonds is 5. The van der Waals surface area contributed by atoms with Gasteiger partial charge < -0.3 is 4.74 Å². The quantitative estimate of drug-likeness (QED) is 0.538. The van der Waals surface area contributed by atoms with Gasteiger partial charge in [-0.05, 0) is 18.0 Å². The van der Waals surface area contributed by atoms with Crippen LogP contribution in [0.15, 0.2) is 5.38 Å². The largest absolute Gasteiger partial charge is 0.461 e. The first-order chi connectivity index (χ1) is 6.34. The molecule has 1 rings (SSSR count). The van der Waals surface area contributed by atoms with Crippen molar-refractivity contribution >= 4 is 17.5 Å². The molecule has 0 bridgehead atoms. The lowest BCUT2D eigenvalue weighted by Crippen LogP contribution is -2.06. The summed E-state index contributed by atoms with van der Waals surface area (Å²) in [5.74, 6) is -0.371. The Kier molecular flexibility index (Phi) is 4.39. The van der Waals surface area contributed by atoms with Crippen LogP contribution in [0.2, 0.25) is 0 Å². The molecule has 4 nitrogen and oxygen atoms in total. The number of hydrogen-bond donors (Lipinski definition) is 0. The molecule has 0 spiro atoms. The van der Waals surface area contributed by atoms with Gasteiger partial charge in [0, 0.05) is 5.38 Å². The minimum absolute atomic E-state index is 0.307. The second kappa shape index (κ2) is 5.64. The van der Waals surface area contributed by atoms with Crippen molar-refractivity contribution in [2.45, 2.75) is 26.2 Å². The average molecular weight is 200 g/mol. The Hall–Kier alpha value is -0.970.